The maximum absolute atomic E-state index is 13.3. The molecule has 0 saturated heterocycles. The summed E-state index contributed by atoms with van der Waals surface area (Å²) in [6, 6.07) is 24.4. The molecule has 1 unspecified atom stereocenters. The quantitative estimate of drug-likeness (QED) is 0.239. The van der Waals surface area contributed by atoms with Gasteiger partial charge >= 0.3 is 0 Å². The third-order valence-electron chi connectivity index (χ3n) is 7.62. The lowest BCUT2D eigenvalue weighted by Crippen LogP contribution is -2.32. The van der Waals surface area contributed by atoms with Crippen LogP contribution < -0.4 is 10.3 Å². The van der Waals surface area contributed by atoms with Crippen molar-refractivity contribution in [1.29, 1.82) is 0 Å². The Balaban J connectivity index is 1.51. The average Bonchev–Trinajstić information content (AvgIpc) is 3.43. The predicted molar refractivity (Wildman–Crippen MR) is 157 cm³/mol. The maximum atomic E-state index is 13.3. The molecule has 0 radical (unpaired) electrons. The highest BCUT2D eigenvalue weighted by atomic mass is 16.5. The van der Waals surface area contributed by atoms with E-state index in [1.807, 2.05) is 53.2 Å². The van der Waals surface area contributed by atoms with Crippen molar-refractivity contribution in [2.45, 2.75) is 59.3 Å². The highest BCUT2D eigenvalue weighted by molar-refractivity contribution is 5.80. The summed E-state index contributed by atoms with van der Waals surface area (Å²) >= 11 is 0. The van der Waals surface area contributed by atoms with E-state index >= 15 is 0 Å². The molecule has 3 aromatic carbocycles. The van der Waals surface area contributed by atoms with Crippen molar-refractivity contribution in [3.63, 3.8) is 0 Å². The number of pyridine rings is 1. The molecule has 0 saturated carbocycles. The Morgan fingerprint density at radius 1 is 0.950 bits per heavy atom. The van der Waals surface area contributed by atoms with Crippen LogP contribution in [0.1, 0.15) is 53.0 Å². The van der Waals surface area contributed by atoms with Crippen LogP contribution in [0.4, 0.5) is 0 Å². The Morgan fingerprint density at radius 2 is 1.68 bits per heavy atom. The molecule has 5 aromatic rings. The van der Waals surface area contributed by atoms with Gasteiger partial charge in [0.25, 0.3) is 5.56 Å². The van der Waals surface area contributed by atoms with E-state index in [1.54, 1.807) is 7.11 Å². The predicted octanol–water partition coefficient (Wildman–Crippen LogP) is 5.54. The minimum absolute atomic E-state index is 0.0840. The fourth-order valence-corrected chi connectivity index (χ4v) is 5.28. The zero-order valence-electron chi connectivity index (χ0n) is 23.6. The SMILES string of the molecule is CCC(c1nnnn1CCc1ccccc1)N(Cc1ccccc1OC)Cc1cc2cc(C)c(C)cc2[nH]c1=O. The van der Waals surface area contributed by atoms with Gasteiger partial charge in [-0.2, -0.15) is 0 Å². The van der Waals surface area contributed by atoms with Gasteiger partial charge in [0.15, 0.2) is 5.82 Å². The molecule has 0 aliphatic rings. The molecule has 0 bridgehead atoms. The second-order valence-electron chi connectivity index (χ2n) is 10.3. The minimum Gasteiger partial charge on any atom is -0.496 e. The maximum Gasteiger partial charge on any atom is 0.252 e. The van der Waals surface area contributed by atoms with Crippen LogP contribution in [-0.4, -0.2) is 37.2 Å². The Hall–Kier alpha value is -4.30. The number of fused-ring (bicyclic) bond motifs is 1. The van der Waals surface area contributed by atoms with Gasteiger partial charge in [0.2, 0.25) is 0 Å². The van der Waals surface area contributed by atoms with Crippen molar-refractivity contribution in [1.82, 2.24) is 30.1 Å². The van der Waals surface area contributed by atoms with E-state index in [4.69, 9.17) is 4.74 Å². The summed E-state index contributed by atoms with van der Waals surface area (Å²) in [6.45, 7) is 7.95. The molecule has 0 amide bonds. The fraction of sp³-hybridized carbons (Fsp3) is 0.312. The van der Waals surface area contributed by atoms with Crippen LogP contribution in [0.5, 0.6) is 5.75 Å². The first-order valence-corrected chi connectivity index (χ1v) is 13.8. The lowest BCUT2D eigenvalue weighted by molar-refractivity contribution is 0.159. The molecular weight excluding hydrogens is 500 g/mol. The van der Waals surface area contributed by atoms with Crippen LogP contribution in [0.3, 0.4) is 0 Å². The first-order chi connectivity index (χ1) is 19.5. The lowest BCUT2D eigenvalue weighted by atomic mass is 10.0. The van der Waals surface area contributed by atoms with E-state index in [1.165, 1.54) is 11.1 Å². The molecule has 2 aromatic heterocycles. The van der Waals surface area contributed by atoms with Crippen molar-refractivity contribution in [2.75, 3.05) is 7.11 Å². The number of aromatic nitrogens is 5. The number of para-hydroxylation sites is 1. The van der Waals surface area contributed by atoms with E-state index < -0.39 is 0 Å². The third kappa shape index (κ3) is 5.97. The lowest BCUT2D eigenvalue weighted by Gasteiger charge is -2.30. The molecule has 0 fully saturated rings. The van der Waals surface area contributed by atoms with Crippen molar-refractivity contribution < 1.29 is 4.74 Å². The van der Waals surface area contributed by atoms with Crippen molar-refractivity contribution in [3.8, 4) is 5.75 Å². The number of hydrogen-bond donors (Lipinski definition) is 1. The number of aryl methyl sites for hydroxylation is 4. The van der Waals surface area contributed by atoms with Crippen LogP contribution in [-0.2, 0) is 26.1 Å². The Kier molecular flexibility index (Phi) is 8.36. The number of nitrogens with one attached hydrogen (secondary N) is 1. The zero-order valence-corrected chi connectivity index (χ0v) is 23.6. The van der Waals surface area contributed by atoms with E-state index in [0.29, 0.717) is 25.2 Å². The van der Waals surface area contributed by atoms with Crippen LogP contribution in [0.2, 0.25) is 0 Å². The molecule has 0 aliphatic carbocycles. The number of benzene rings is 3. The highest BCUT2D eigenvalue weighted by Crippen LogP contribution is 2.29. The van der Waals surface area contributed by atoms with E-state index in [0.717, 1.165) is 46.4 Å². The number of aromatic amines is 1. The first-order valence-electron chi connectivity index (χ1n) is 13.8. The summed E-state index contributed by atoms with van der Waals surface area (Å²) in [5.74, 6) is 1.60. The summed E-state index contributed by atoms with van der Waals surface area (Å²) in [5, 5.41) is 13.9. The molecule has 40 heavy (non-hydrogen) atoms. The molecule has 1 atom stereocenters. The van der Waals surface area contributed by atoms with Gasteiger partial charge in [-0.05, 0) is 83.5 Å². The van der Waals surface area contributed by atoms with Gasteiger partial charge in [0.05, 0.1) is 13.2 Å². The van der Waals surface area contributed by atoms with Crippen LogP contribution >= 0.6 is 0 Å². The summed E-state index contributed by atoms with van der Waals surface area (Å²) in [7, 11) is 1.68. The van der Waals surface area contributed by atoms with Crippen LogP contribution in [0, 0.1) is 13.8 Å². The van der Waals surface area contributed by atoms with Crippen molar-refractivity contribution in [2.24, 2.45) is 0 Å². The number of nitrogens with zero attached hydrogens (tertiary/aromatic N) is 5. The van der Waals surface area contributed by atoms with Gasteiger partial charge in [-0.3, -0.25) is 9.69 Å². The van der Waals surface area contributed by atoms with E-state index in [9.17, 15) is 4.79 Å². The van der Waals surface area contributed by atoms with Gasteiger partial charge < -0.3 is 9.72 Å². The summed E-state index contributed by atoms with van der Waals surface area (Å²) in [6.07, 6.45) is 1.59. The highest BCUT2D eigenvalue weighted by Gasteiger charge is 2.27. The Morgan fingerprint density at radius 3 is 2.45 bits per heavy atom. The molecule has 8 nitrogen and oxygen atoms in total. The number of ether oxygens (including phenoxy) is 1. The van der Waals surface area contributed by atoms with Crippen molar-refractivity contribution in [3.05, 3.63) is 117 Å². The Labute approximate surface area is 234 Å². The molecule has 1 N–H and O–H groups in total. The summed E-state index contributed by atoms with van der Waals surface area (Å²) < 4.78 is 7.57. The normalized spacial score (nSPS) is 12.2. The average molecular weight is 537 g/mol. The third-order valence-corrected chi connectivity index (χ3v) is 7.62. The largest absolute Gasteiger partial charge is 0.496 e. The molecule has 206 valence electrons. The van der Waals surface area contributed by atoms with Gasteiger partial charge in [0, 0.05) is 36.3 Å². The fourth-order valence-electron chi connectivity index (χ4n) is 5.28. The Bertz CT molecular complexity index is 1640. The summed E-state index contributed by atoms with van der Waals surface area (Å²) in [4.78, 5) is 18.7. The molecule has 0 aliphatic heterocycles. The zero-order chi connectivity index (χ0) is 28.1. The molecule has 5 rings (SSSR count). The summed E-state index contributed by atoms with van der Waals surface area (Å²) in [5.41, 5.74) is 6.09. The molecule has 2 heterocycles. The number of rotatable bonds is 11. The van der Waals surface area contributed by atoms with Gasteiger partial charge in [0.1, 0.15) is 5.75 Å². The number of tetrazole rings is 1. The van der Waals surface area contributed by atoms with Crippen molar-refractivity contribution >= 4 is 10.9 Å². The molecule has 0 spiro atoms. The number of H-pyrrole nitrogens is 1. The van der Waals surface area contributed by atoms with Gasteiger partial charge in [-0.25, -0.2) is 4.68 Å². The topological polar surface area (TPSA) is 88.9 Å². The second-order valence-corrected chi connectivity index (χ2v) is 10.3. The second kappa shape index (κ2) is 12.3. The number of hydrogen-bond acceptors (Lipinski definition) is 6. The van der Waals surface area contributed by atoms with Gasteiger partial charge in [-0.15, -0.1) is 5.10 Å². The number of methoxy groups -OCH3 is 1. The standard InChI is InChI=1S/C32H36N6O2/c1-5-29(31-34-35-36-38(31)16-15-24-11-7-6-8-12-24)37(20-25-13-9-10-14-30(25)40-4)21-27-19-26-17-22(2)23(3)18-28(26)33-32(27)39/h6-14,17-19,29H,5,15-16,20-21H2,1-4H3,(H,33,39). The molecule has 8 heteroatoms. The van der Waals surface area contributed by atoms with Crippen LogP contribution in [0.25, 0.3) is 10.9 Å². The van der Waals surface area contributed by atoms with Crippen LogP contribution in [0.15, 0.2) is 77.6 Å². The monoisotopic (exact) mass is 536 g/mol. The smallest absolute Gasteiger partial charge is 0.252 e. The minimum atomic E-state index is -0.120. The molecular formula is C32H36N6O2. The van der Waals surface area contributed by atoms with E-state index in [-0.39, 0.29) is 11.6 Å². The van der Waals surface area contributed by atoms with Gasteiger partial charge in [-0.1, -0.05) is 55.5 Å². The van der Waals surface area contributed by atoms with E-state index in [2.05, 4.69) is 70.4 Å². The first kappa shape index (κ1) is 27.3.